The van der Waals surface area contributed by atoms with Gasteiger partial charge in [0.1, 0.15) is 5.82 Å². The van der Waals surface area contributed by atoms with Crippen LogP contribution in [0.1, 0.15) is 27.4 Å². The highest BCUT2D eigenvalue weighted by atomic mass is 19.1. The zero-order valence-corrected chi connectivity index (χ0v) is 17.7. The van der Waals surface area contributed by atoms with Crippen molar-refractivity contribution in [3.05, 3.63) is 74.9 Å². The van der Waals surface area contributed by atoms with Crippen molar-refractivity contribution in [3.63, 3.8) is 0 Å². The first kappa shape index (κ1) is 21.6. The number of amides is 1. The quantitative estimate of drug-likeness (QED) is 0.443. The van der Waals surface area contributed by atoms with Crippen LogP contribution in [0.2, 0.25) is 0 Å². The molecule has 4 rings (SSSR count). The number of halogens is 1. The lowest BCUT2D eigenvalue weighted by molar-refractivity contribution is -0.385. The fourth-order valence-electron chi connectivity index (χ4n) is 3.71. The van der Waals surface area contributed by atoms with E-state index < -0.39 is 22.3 Å². The molecule has 1 saturated heterocycles. The lowest BCUT2D eigenvalue weighted by atomic mass is 10.1. The van der Waals surface area contributed by atoms with Gasteiger partial charge in [-0.3, -0.25) is 19.8 Å². The molecule has 0 aliphatic carbocycles. The Balaban J connectivity index is 1.38. The topological polar surface area (TPSA) is 106 Å². The van der Waals surface area contributed by atoms with E-state index in [1.54, 1.807) is 4.90 Å². The summed E-state index contributed by atoms with van der Waals surface area (Å²) in [5.74, 6) is -0.164. The molecule has 166 valence electrons. The number of carbonyl (C=O) groups is 1. The van der Waals surface area contributed by atoms with Gasteiger partial charge in [-0.25, -0.2) is 4.39 Å². The van der Waals surface area contributed by atoms with Crippen molar-refractivity contribution >= 4 is 11.6 Å². The highest BCUT2D eigenvalue weighted by Gasteiger charge is 2.26. The molecule has 0 spiro atoms. The minimum atomic E-state index is -0.762. The Morgan fingerprint density at radius 2 is 1.91 bits per heavy atom. The summed E-state index contributed by atoms with van der Waals surface area (Å²) in [6.07, 6.45) is 0. The van der Waals surface area contributed by atoms with Gasteiger partial charge in [0, 0.05) is 43.4 Å². The molecule has 10 heteroatoms. The van der Waals surface area contributed by atoms with E-state index in [0.29, 0.717) is 44.4 Å². The highest BCUT2D eigenvalue weighted by Crippen LogP contribution is 2.24. The summed E-state index contributed by atoms with van der Waals surface area (Å²) in [5.41, 5.74) is 1.47. The molecule has 1 aliphatic rings. The summed E-state index contributed by atoms with van der Waals surface area (Å²) in [7, 11) is 0. The molecule has 0 unspecified atom stereocenters. The van der Waals surface area contributed by atoms with E-state index in [9.17, 15) is 19.3 Å². The molecule has 0 atom stereocenters. The van der Waals surface area contributed by atoms with Gasteiger partial charge in [-0.1, -0.05) is 29.4 Å². The van der Waals surface area contributed by atoms with Crippen LogP contribution in [0, 0.1) is 29.8 Å². The summed E-state index contributed by atoms with van der Waals surface area (Å²) < 4.78 is 19.5. The maximum atomic E-state index is 14.1. The number of nitrogens with zero attached hydrogens (tertiary/aromatic N) is 5. The van der Waals surface area contributed by atoms with Gasteiger partial charge in [0.2, 0.25) is 11.7 Å². The summed E-state index contributed by atoms with van der Waals surface area (Å²) in [4.78, 5) is 31.4. The van der Waals surface area contributed by atoms with Gasteiger partial charge in [0.05, 0.1) is 17.0 Å². The molecule has 1 amide bonds. The zero-order chi connectivity index (χ0) is 22.8. The number of piperazine rings is 1. The first-order chi connectivity index (χ1) is 15.3. The van der Waals surface area contributed by atoms with Gasteiger partial charge in [-0.15, -0.1) is 0 Å². The summed E-state index contributed by atoms with van der Waals surface area (Å²) in [6.45, 7) is 5.68. The number of hydrogen-bond acceptors (Lipinski definition) is 7. The third kappa shape index (κ3) is 4.35. The van der Waals surface area contributed by atoms with Crippen molar-refractivity contribution in [1.29, 1.82) is 0 Å². The molecule has 32 heavy (non-hydrogen) atoms. The molecule has 1 fully saturated rings. The summed E-state index contributed by atoms with van der Waals surface area (Å²) in [6, 6.07) is 9.98. The second-order valence-electron chi connectivity index (χ2n) is 7.75. The van der Waals surface area contributed by atoms with E-state index >= 15 is 0 Å². The second-order valence-corrected chi connectivity index (χ2v) is 7.75. The summed E-state index contributed by atoms with van der Waals surface area (Å²) in [5, 5.41) is 15.2. The highest BCUT2D eigenvalue weighted by molar-refractivity contribution is 5.95. The maximum absolute atomic E-state index is 14.1. The first-order valence-electron chi connectivity index (χ1n) is 10.2. The van der Waals surface area contributed by atoms with Gasteiger partial charge in [0.15, 0.2) is 0 Å². The summed E-state index contributed by atoms with van der Waals surface area (Å²) >= 11 is 0. The molecule has 2 aromatic carbocycles. The number of hydrogen-bond donors (Lipinski definition) is 0. The Morgan fingerprint density at radius 3 is 2.59 bits per heavy atom. The third-order valence-corrected chi connectivity index (χ3v) is 5.63. The molecular formula is C22H22FN5O4. The van der Waals surface area contributed by atoms with Gasteiger partial charge >= 0.3 is 0 Å². The number of rotatable bonds is 5. The van der Waals surface area contributed by atoms with Crippen molar-refractivity contribution < 1.29 is 18.6 Å². The lowest BCUT2D eigenvalue weighted by Gasteiger charge is -2.34. The molecule has 9 nitrogen and oxygen atoms in total. The van der Waals surface area contributed by atoms with Crippen LogP contribution in [0.25, 0.3) is 11.4 Å². The van der Waals surface area contributed by atoms with Crippen LogP contribution in [0.4, 0.5) is 10.1 Å². The number of nitro groups is 1. The van der Waals surface area contributed by atoms with E-state index in [0.717, 1.165) is 23.3 Å². The molecule has 0 radical (unpaired) electrons. The minimum Gasteiger partial charge on any atom is -0.338 e. The van der Waals surface area contributed by atoms with Crippen LogP contribution in [0.5, 0.6) is 0 Å². The lowest BCUT2D eigenvalue weighted by Crippen LogP contribution is -2.48. The monoisotopic (exact) mass is 439 g/mol. The van der Waals surface area contributed by atoms with E-state index in [2.05, 4.69) is 15.0 Å². The van der Waals surface area contributed by atoms with Crippen molar-refractivity contribution in [2.75, 3.05) is 26.2 Å². The predicted octanol–water partition coefficient (Wildman–Crippen LogP) is 3.36. The Morgan fingerprint density at radius 1 is 1.19 bits per heavy atom. The molecule has 0 bridgehead atoms. The van der Waals surface area contributed by atoms with E-state index in [1.165, 1.54) is 6.92 Å². The molecule has 1 aliphatic heterocycles. The predicted molar refractivity (Wildman–Crippen MR) is 113 cm³/mol. The second kappa shape index (κ2) is 8.83. The molecule has 1 aromatic heterocycles. The largest absolute Gasteiger partial charge is 0.338 e. The zero-order valence-electron chi connectivity index (χ0n) is 17.7. The normalized spacial score (nSPS) is 14.5. The van der Waals surface area contributed by atoms with Crippen LogP contribution in [0.3, 0.4) is 0 Å². The van der Waals surface area contributed by atoms with E-state index in [-0.39, 0.29) is 11.1 Å². The molecule has 2 heterocycles. The average molecular weight is 439 g/mol. The number of aryl methyl sites for hydroxylation is 1. The number of aromatic nitrogens is 2. The molecule has 3 aromatic rings. The average Bonchev–Trinajstić information content (AvgIpc) is 3.24. The van der Waals surface area contributed by atoms with Crippen molar-refractivity contribution in [3.8, 4) is 11.4 Å². The number of nitro benzene ring substituents is 1. The van der Waals surface area contributed by atoms with Crippen LogP contribution >= 0.6 is 0 Å². The standard InChI is InChI=1S/C22H22FN5O4/c1-14-5-3-4-6-17(14)21-24-20(32-25-21)13-26-7-9-27(10-8-26)22(29)16-11-18(23)15(2)19(12-16)28(30)31/h3-6,11-12H,7-10,13H2,1-2H3. The first-order valence-corrected chi connectivity index (χ1v) is 10.2. The fraction of sp³-hybridized carbons (Fsp3) is 0.318. The smallest absolute Gasteiger partial charge is 0.276 e. The molecule has 0 N–H and O–H groups in total. The van der Waals surface area contributed by atoms with Crippen LogP contribution in [-0.4, -0.2) is 56.9 Å². The van der Waals surface area contributed by atoms with E-state index in [4.69, 9.17) is 4.52 Å². The van der Waals surface area contributed by atoms with Crippen molar-refractivity contribution in [2.45, 2.75) is 20.4 Å². The fourth-order valence-corrected chi connectivity index (χ4v) is 3.71. The molecular weight excluding hydrogens is 417 g/mol. The Bertz CT molecular complexity index is 1170. The van der Waals surface area contributed by atoms with Crippen LogP contribution in [0.15, 0.2) is 40.9 Å². The van der Waals surface area contributed by atoms with E-state index in [1.807, 2.05) is 31.2 Å². The number of carbonyl (C=O) groups excluding carboxylic acids is 1. The van der Waals surface area contributed by atoms with Crippen molar-refractivity contribution in [2.24, 2.45) is 0 Å². The Kier molecular flexibility index (Phi) is 5.95. The van der Waals surface area contributed by atoms with Gasteiger partial charge < -0.3 is 9.42 Å². The Hall–Kier alpha value is -3.66. The minimum absolute atomic E-state index is 0.0203. The van der Waals surface area contributed by atoms with Gasteiger partial charge in [-0.2, -0.15) is 4.98 Å². The SMILES string of the molecule is Cc1ccccc1-c1noc(CN2CCN(C(=O)c3cc(F)c(C)c([N+](=O)[O-])c3)CC2)n1. The molecule has 0 saturated carbocycles. The third-order valence-electron chi connectivity index (χ3n) is 5.63. The van der Waals surface area contributed by atoms with Gasteiger partial charge in [0.25, 0.3) is 11.6 Å². The number of benzene rings is 2. The van der Waals surface area contributed by atoms with Crippen LogP contribution < -0.4 is 0 Å². The Labute approximate surface area is 183 Å². The maximum Gasteiger partial charge on any atom is 0.276 e. The van der Waals surface area contributed by atoms with Crippen molar-refractivity contribution in [1.82, 2.24) is 19.9 Å². The van der Waals surface area contributed by atoms with Gasteiger partial charge in [-0.05, 0) is 25.5 Å². The van der Waals surface area contributed by atoms with Crippen LogP contribution in [-0.2, 0) is 6.54 Å².